The molecule has 0 amide bonds. The summed E-state index contributed by atoms with van der Waals surface area (Å²) in [5.41, 5.74) is -2.34. The smallest absolute Gasteiger partial charge is 0.336 e. The Bertz CT molecular complexity index is 1480. The third-order valence-corrected chi connectivity index (χ3v) is 11.6. The van der Waals surface area contributed by atoms with E-state index in [0.717, 1.165) is 71.5 Å². The van der Waals surface area contributed by atoms with E-state index in [9.17, 15) is 29.1 Å². The molecule has 1 aromatic rings. The molecular formula is C36H53N3O12. The van der Waals surface area contributed by atoms with Gasteiger partial charge < -0.3 is 33.5 Å². The van der Waals surface area contributed by atoms with E-state index in [4.69, 9.17) is 28.4 Å². The van der Waals surface area contributed by atoms with Crippen molar-refractivity contribution in [1.29, 1.82) is 0 Å². The summed E-state index contributed by atoms with van der Waals surface area (Å²) in [6.07, 6.45) is 10.4. The molecule has 0 bridgehead atoms. The first kappa shape index (κ1) is 36.5. The van der Waals surface area contributed by atoms with Gasteiger partial charge in [0.15, 0.2) is 6.29 Å². The van der Waals surface area contributed by atoms with E-state index in [1.165, 1.54) is 0 Å². The molecule has 3 saturated heterocycles. The molecule has 51 heavy (non-hydrogen) atoms. The van der Waals surface area contributed by atoms with Gasteiger partial charge in [-0.3, -0.25) is 9.59 Å². The first-order valence-corrected chi connectivity index (χ1v) is 19.2. The minimum Gasteiger partial charge on any atom is -0.465 e. The van der Waals surface area contributed by atoms with Crippen molar-refractivity contribution in [3.8, 4) is 0 Å². The lowest BCUT2D eigenvalue weighted by Gasteiger charge is -2.21. The van der Waals surface area contributed by atoms with Gasteiger partial charge in [-0.05, 0) is 101 Å². The molecule has 3 saturated carbocycles. The van der Waals surface area contributed by atoms with Crippen LogP contribution in [0.1, 0.15) is 96.3 Å². The largest absolute Gasteiger partial charge is 0.465 e. The standard InChI is InChI=1S/C36H53N3O12/c40-31(46-19-22-7-10-25-28(16-22)49-25)4-1-13-37-34(43)38(14-2-5-32(41)47-20-23-8-11-26-29(17-23)50-26)36(45)39(35(37)44)15-3-6-33(42)48-21-24-9-12-27-30(18-24)51-27/h22-31,40H,1-21H2. The molecule has 6 fully saturated rings. The molecule has 10 atom stereocenters. The van der Waals surface area contributed by atoms with Gasteiger partial charge in [0.25, 0.3) is 0 Å². The van der Waals surface area contributed by atoms with Crippen molar-refractivity contribution < 1.29 is 43.1 Å². The molecule has 4 heterocycles. The number of esters is 2. The van der Waals surface area contributed by atoms with Gasteiger partial charge in [-0.2, -0.15) is 0 Å². The maximum absolute atomic E-state index is 13.5. The number of nitrogens with zero attached hydrogens (tertiary/aromatic N) is 3. The van der Waals surface area contributed by atoms with Crippen molar-refractivity contribution in [2.45, 2.75) is 159 Å². The normalized spacial score (nSPS) is 32.2. The molecule has 7 rings (SSSR count). The van der Waals surface area contributed by atoms with Crippen LogP contribution in [0.2, 0.25) is 0 Å². The van der Waals surface area contributed by atoms with Crippen LogP contribution in [0.15, 0.2) is 14.4 Å². The lowest BCUT2D eigenvalue weighted by molar-refractivity contribution is -0.146. The number of aliphatic hydroxyl groups excluding tert-OH is 1. The molecule has 284 valence electrons. The van der Waals surface area contributed by atoms with Crippen LogP contribution in [-0.4, -0.2) is 93.5 Å². The number of rotatable bonds is 19. The van der Waals surface area contributed by atoms with Crippen molar-refractivity contribution in [2.24, 2.45) is 17.8 Å². The lowest BCUT2D eigenvalue weighted by atomic mass is 9.90. The minimum atomic E-state index is -1.05. The fourth-order valence-corrected chi connectivity index (χ4v) is 8.25. The monoisotopic (exact) mass is 719 g/mol. The van der Waals surface area contributed by atoms with E-state index >= 15 is 0 Å². The number of aromatic nitrogens is 3. The quantitative estimate of drug-likeness (QED) is 0.124. The molecule has 15 nitrogen and oxygen atoms in total. The Balaban J connectivity index is 0.920. The maximum atomic E-state index is 13.5. The number of hydrogen-bond acceptors (Lipinski definition) is 12. The number of hydrogen-bond donors (Lipinski definition) is 1. The fourth-order valence-electron chi connectivity index (χ4n) is 8.25. The number of carbonyl (C=O) groups excluding carboxylic acids is 2. The summed E-state index contributed by atoms with van der Waals surface area (Å²) in [5, 5.41) is 10.5. The Morgan fingerprint density at radius 3 is 1.39 bits per heavy atom. The van der Waals surface area contributed by atoms with Crippen LogP contribution >= 0.6 is 0 Å². The summed E-state index contributed by atoms with van der Waals surface area (Å²) in [4.78, 5) is 65.5. The summed E-state index contributed by atoms with van der Waals surface area (Å²) < 4.78 is 36.2. The van der Waals surface area contributed by atoms with Crippen LogP contribution in [0.25, 0.3) is 0 Å². The van der Waals surface area contributed by atoms with Gasteiger partial charge in [0.1, 0.15) is 0 Å². The zero-order chi connectivity index (χ0) is 35.5. The van der Waals surface area contributed by atoms with E-state index < -0.39 is 35.3 Å². The van der Waals surface area contributed by atoms with Crippen LogP contribution in [0.3, 0.4) is 0 Å². The summed E-state index contributed by atoms with van der Waals surface area (Å²) in [7, 11) is 0. The minimum absolute atomic E-state index is 0.0126. The SMILES string of the molecule is O=C(CCCn1c(=O)n(CCCC(=O)OCC2CCC3OC3C2)c(=O)n(CCCC(O)OCC2CCC3OC3C2)c1=O)OCC1CCC2OC2C1. The molecule has 10 unspecified atom stereocenters. The second-order valence-corrected chi connectivity index (χ2v) is 15.5. The van der Waals surface area contributed by atoms with Gasteiger partial charge in [-0.15, -0.1) is 0 Å². The number of aliphatic hydroxyl groups is 1. The number of epoxide rings is 3. The Hall–Kier alpha value is -2.85. The zero-order valence-corrected chi connectivity index (χ0v) is 29.4. The van der Waals surface area contributed by atoms with E-state index in [-0.39, 0.29) is 70.0 Å². The molecule has 0 spiro atoms. The second-order valence-electron chi connectivity index (χ2n) is 15.5. The van der Waals surface area contributed by atoms with E-state index in [1.54, 1.807) is 0 Å². The third kappa shape index (κ3) is 9.78. The van der Waals surface area contributed by atoms with Gasteiger partial charge in [-0.1, -0.05) is 0 Å². The molecule has 0 aromatic carbocycles. The molecular weight excluding hydrogens is 666 g/mol. The van der Waals surface area contributed by atoms with Crippen LogP contribution in [0.5, 0.6) is 0 Å². The van der Waals surface area contributed by atoms with Crippen LogP contribution in [0, 0.1) is 17.8 Å². The lowest BCUT2D eigenvalue weighted by Crippen LogP contribution is -2.54. The predicted molar refractivity (Wildman–Crippen MR) is 179 cm³/mol. The topological polar surface area (TPSA) is 186 Å². The highest BCUT2D eigenvalue weighted by molar-refractivity contribution is 5.69. The highest BCUT2D eigenvalue weighted by Crippen LogP contribution is 2.41. The molecule has 3 aliphatic carbocycles. The van der Waals surface area contributed by atoms with Gasteiger partial charge in [0.05, 0.1) is 56.4 Å². The molecule has 0 radical (unpaired) electrons. The van der Waals surface area contributed by atoms with Gasteiger partial charge in [0.2, 0.25) is 0 Å². The highest BCUT2D eigenvalue weighted by atomic mass is 16.6. The fraction of sp³-hybridized carbons (Fsp3) is 0.861. The molecule has 6 aliphatic rings. The Morgan fingerprint density at radius 1 is 0.588 bits per heavy atom. The first-order chi connectivity index (χ1) is 24.7. The maximum Gasteiger partial charge on any atom is 0.336 e. The molecule has 1 N–H and O–H groups in total. The van der Waals surface area contributed by atoms with Crippen molar-refractivity contribution in [3.05, 3.63) is 31.5 Å². The second kappa shape index (κ2) is 16.4. The number of fused-ring (bicyclic) bond motifs is 3. The van der Waals surface area contributed by atoms with E-state index in [2.05, 4.69) is 0 Å². The van der Waals surface area contributed by atoms with E-state index in [1.807, 2.05) is 0 Å². The molecule has 1 aromatic heterocycles. The van der Waals surface area contributed by atoms with E-state index in [0.29, 0.717) is 62.4 Å². The van der Waals surface area contributed by atoms with Crippen LogP contribution in [-0.2, 0) is 57.6 Å². The molecule has 15 heteroatoms. The van der Waals surface area contributed by atoms with Gasteiger partial charge in [0, 0.05) is 32.5 Å². The van der Waals surface area contributed by atoms with Crippen molar-refractivity contribution in [1.82, 2.24) is 13.7 Å². The van der Waals surface area contributed by atoms with Crippen molar-refractivity contribution in [2.75, 3.05) is 19.8 Å². The summed E-state index contributed by atoms with van der Waals surface area (Å²) in [6.45, 7) is 0.871. The average Bonchev–Trinajstić information content (AvgIpc) is 4.02. The Labute approximate surface area is 296 Å². The Kier molecular flexibility index (Phi) is 11.8. The van der Waals surface area contributed by atoms with Crippen LogP contribution in [0.4, 0.5) is 0 Å². The van der Waals surface area contributed by atoms with Crippen molar-refractivity contribution >= 4 is 11.9 Å². The Morgan fingerprint density at radius 2 is 0.980 bits per heavy atom. The summed E-state index contributed by atoms with van der Waals surface area (Å²) in [5.74, 6) is 0.0712. The zero-order valence-electron chi connectivity index (χ0n) is 29.4. The van der Waals surface area contributed by atoms with Gasteiger partial charge >= 0.3 is 29.0 Å². The summed E-state index contributed by atoms with van der Waals surface area (Å²) >= 11 is 0. The van der Waals surface area contributed by atoms with Crippen LogP contribution < -0.4 is 17.1 Å². The molecule has 3 aliphatic heterocycles. The predicted octanol–water partition coefficient (Wildman–Crippen LogP) is 1.64. The number of ether oxygens (including phenoxy) is 6. The number of carbonyl (C=O) groups is 2. The summed E-state index contributed by atoms with van der Waals surface area (Å²) in [6, 6.07) is 0. The van der Waals surface area contributed by atoms with Crippen molar-refractivity contribution in [3.63, 3.8) is 0 Å². The van der Waals surface area contributed by atoms with Gasteiger partial charge in [-0.25, -0.2) is 28.1 Å². The first-order valence-electron chi connectivity index (χ1n) is 19.2. The third-order valence-electron chi connectivity index (χ3n) is 11.6. The average molecular weight is 720 g/mol. The highest BCUT2D eigenvalue weighted by Gasteiger charge is 2.45.